The van der Waals surface area contributed by atoms with Gasteiger partial charge < -0.3 is 14.6 Å². The Morgan fingerprint density at radius 3 is 3.18 bits per heavy atom. The van der Waals surface area contributed by atoms with Gasteiger partial charge in [0.05, 0.1) is 5.60 Å². The lowest BCUT2D eigenvalue weighted by molar-refractivity contribution is -0.0778. The van der Waals surface area contributed by atoms with Gasteiger partial charge in [-0.3, -0.25) is 0 Å². The number of nitrogens with one attached hydrogen (secondary N) is 1. The average Bonchev–Trinajstić information content (AvgIpc) is 2.82. The third-order valence-electron chi connectivity index (χ3n) is 3.53. The standard InChI is InChI=1S/C12H21N3O2/c1-3-12(2)8-10(5-7-16-12)13-6-4-11-14-9-17-15-11/h9-10,13H,3-8H2,1-2H3. The summed E-state index contributed by atoms with van der Waals surface area (Å²) < 4.78 is 10.5. The molecule has 0 saturated carbocycles. The van der Waals surface area contributed by atoms with E-state index in [1.165, 1.54) is 6.39 Å². The molecule has 0 bridgehead atoms. The Kier molecular flexibility index (Phi) is 4.12. The van der Waals surface area contributed by atoms with E-state index in [9.17, 15) is 0 Å². The van der Waals surface area contributed by atoms with Crippen LogP contribution in [0.4, 0.5) is 0 Å². The number of nitrogens with zero attached hydrogens (tertiary/aromatic N) is 2. The molecule has 5 nitrogen and oxygen atoms in total. The van der Waals surface area contributed by atoms with Crippen molar-refractivity contribution in [3.05, 3.63) is 12.2 Å². The van der Waals surface area contributed by atoms with Crippen molar-refractivity contribution in [2.24, 2.45) is 0 Å². The second-order valence-electron chi connectivity index (χ2n) is 4.89. The Morgan fingerprint density at radius 1 is 1.59 bits per heavy atom. The zero-order chi connectivity index (χ0) is 12.1. The van der Waals surface area contributed by atoms with Crippen molar-refractivity contribution in [1.82, 2.24) is 15.5 Å². The third-order valence-corrected chi connectivity index (χ3v) is 3.53. The van der Waals surface area contributed by atoms with E-state index in [1.54, 1.807) is 0 Å². The minimum atomic E-state index is 0.0437. The molecule has 5 heteroatoms. The SMILES string of the molecule is CCC1(C)CC(NCCc2ncon2)CCO1. The molecule has 0 amide bonds. The monoisotopic (exact) mass is 239 g/mol. The van der Waals surface area contributed by atoms with Crippen molar-refractivity contribution in [1.29, 1.82) is 0 Å². The smallest absolute Gasteiger partial charge is 0.213 e. The van der Waals surface area contributed by atoms with Crippen LogP contribution in [0.3, 0.4) is 0 Å². The maximum Gasteiger partial charge on any atom is 0.213 e. The van der Waals surface area contributed by atoms with E-state index in [0.29, 0.717) is 6.04 Å². The van der Waals surface area contributed by atoms with Gasteiger partial charge in [-0.2, -0.15) is 4.98 Å². The van der Waals surface area contributed by atoms with Crippen LogP contribution in [0, 0.1) is 0 Å². The molecule has 0 aliphatic carbocycles. The first-order valence-electron chi connectivity index (χ1n) is 6.34. The molecular weight excluding hydrogens is 218 g/mol. The fraction of sp³-hybridized carbons (Fsp3) is 0.833. The second-order valence-corrected chi connectivity index (χ2v) is 4.89. The van der Waals surface area contributed by atoms with E-state index in [1.807, 2.05) is 0 Å². The molecule has 0 radical (unpaired) electrons. The molecule has 1 fully saturated rings. The molecule has 1 aromatic heterocycles. The van der Waals surface area contributed by atoms with Crippen molar-refractivity contribution in [2.45, 2.75) is 51.2 Å². The number of hydrogen-bond donors (Lipinski definition) is 1. The maximum atomic E-state index is 5.82. The van der Waals surface area contributed by atoms with E-state index in [2.05, 4.69) is 29.3 Å². The predicted octanol–water partition coefficient (Wildman–Crippen LogP) is 1.55. The first-order chi connectivity index (χ1) is 8.22. The molecule has 2 heterocycles. The summed E-state index contributed by atoms with van der Waals surface area (Å²) in [4.78, 5) is 4.00. The van der Waals surface area contributed by atoms with Gasteiger partial charge >= 0.3 is 0 Å². The van der Waals surface area contributed by atoms with E-state index < -0.39 is 0 Å². The first kappa shape index (κ1) is 12.5. The van der Waals surface area contributed by atoms with Crippen LogP contribution in [0.15, 0.2) is 10.9 Å². The summed E-state index contributed by atoms with van der Waals surface area (Å²) in [7, 11) is 0. The highest BCUT2D eigenvalue weighted by Crippen LogP contribution is 2.27. The van der Waals surface area contributed by atoms with Crippen LogP contribution in [0.5, 0.6) is 0 Å². The fourth-order valence-electron chi connectivity index (χ4n) is 2.24. The summed E-state index contributed by atoms with van der Waals surface area (Å²) in [5.41, 5.74) is 0.0437. The first-order valence-corrected chi connectivity index (χ1v) is 6.34. The van der Waals surface area contributed by atoms with Gasteiger partial charge in [-0.15, -0.1) is 0 Å². The predicted molar refractivity (Wildman–Crippen MR) is 63.7 cm³/mol. The van der Waals surface area contributed by atoms with Gasteiger partial charge in [-0.25, -0.2) is 0 Å². The molecule has 1 aliphatic rings. The minimum Gasteiger partial charge on any atom is -0.375 e. The van der Waals surface area contributed by atoms with Crippen molar-refractivity contribution >= 4 is 0 Å². The molecule has 1 N–H and O–H groups in total. The normalized spacial score (nSPS) is 29.4. The van der Waals surface area contributed by atoms with E-state index in [4.69, 9.17) is 9.26 Å². The highest BCUT2D eigenvalue weighted by Gasteiger charge is 2.31. The third kappa shape index (κ3) is 3.51. The molecule has 96 valence electrons. The van der Waals surface area contributed by atoms with Crippen molar-refractivity contribution < 1.29 is 9.26 Å². The van der Waals surface area contributed by atoms with Crippen LogP contribution in [0.25, 0.3) is 0 Å². The molecule has 2 atom stereocenters. The number of hydrogen-bond acceptors (Lipinski definition) is 5. The number of rotatable bonds is 5. The zero-order valence-electron chi connectivity index (χ0n) is 10.6. The average molecular weight is 239 g/mol. The summed E-state index contributed by atoms with van der Waals surface area (Å²) >= 11 is 0. The molecule has 1 aliphatic heterocycles. The fourth-order valence-corrected chi connectivity index (χ4v) is 2.24. The van der Waals surface area contributed by atoms with Gasteiger partial charge in [-0.1, -0.05) is 12.1 Å². The quantitative estimate of drug-likeness (QED) is 0.844. The molecule has 1 aromatic rings. The molecule has 2 unspecified atom stereocenters. The van der Waals surface area contributed by atoms with Crippen molar-refractivity contribution in [3.63, 3.8) is 0 Å². The molecular formula is C12H21N3O2. The lowest BCUT2D eigenvalue weighted by Gasteiger charge is -2.38. The van der Waals surface area contributed by atoms with Crippen LogP contribution < -0.4 is 5.32 Å². The maximum absolute atomic E-state index is 5.82. The summed E-state index contributed by atoms with van der Waals surface area (Å²) in [5, 5.41) is 7.34. The van der Waals surface area contributed by atoms with Crippen LogP contribution in [0.2, 0.25) is 0 Å². The van der Waals surface area contributed by atoms with Gasteiger partial charge in [0.15, 0.2) is 5.82 Å². The lowest BCUT2D eigenvalue weighted by Crippen LogP contribution is -2.45. The largest absolute Gasteiger partial charge is 0.375 e. The Hall–Kier alpha value is -0.940. The highest BCUT2D eigenvalue weighted by atomic mass is 16.5. The van der Waals surface area contributed by atoms with Crippen LogP contribution in [-0.2, 0) is 11.2 Å². The van der Waals surface area contributed by atoms with E-state index in [0.717, 1.165) is 44.7 Å². The summed E-state index contributed by atoms with van der Waals surface area (Å²) in [6.45, 7) is 6.12. The van der Waals surface area contributed by atoms with E-state index in [-0.39, 0.29) is 5.60 Å². The Balaban J connectivity index is 1.72. The van der Waals surface area contributed by atoms with Crippen LogP contribution >= 0.6 is 0 Å². The number of ether oxygens (including phenoxy) is 1. The highest BCUT2D eigenvalue weighted by molar-refractivity contribution is 4.86. The topological polar surface area (TPSA) is 60.2 Å². The van der Waals surface area contributed by atoms with Crippen molar-refractivity contribution in [3.8, 4) is 0 Å². The summed E-state index contributed by atoms with van der Waals surface area (Å²) in [6, 6.07) is 0.542. The van der Waals surface area contributed by atoms with Gasteiger partial charge in [0.25, 0.3) is 0 Å². The van der Waals surface area contributed by atoms with Gasteiger partial charge in [0.2, 0.25) is 6.39 Å². The molecule has 0 aromatic carbocycles. The van der Waals surface area contributed by atoms with Gasteiger partial charge in [0, 0.05) is 25.6 Å². The summed E-state index contributed by atoms with van der Waals surface area (Å²) in [5.74, 6) is 0.766. The molecule has 1 saturated heterocycles. The van der Waals surface area contributed by atoms with Gasteiger partial charge in [0.1, 0.15) is 0 Å². The number of aromatic nitrogens is 2. The van der Waals surface area contributed by atoms with Gasteiger partial charge in [-0.05, 0) is 26.2 Å². The van der Waals surface area contributed by atoms with Crippen LogP contribution in [-0.4, -0.2) is 34.9 Å². The minimum absolute atomic E-state index is 0.0437. The van der Waals surface area contributed by atoms with E-state index >= 15 is 0 Å². The molecule has 17 heavy (non-hydrogen) atoms. The lowest BCUT2D eigenvalue weighted by atomic mass is 9.90. The zero-order valence-corrected chi connectivity index (χ0v) is 10.6. The molecule has 2 rings (SSSR count). The van der Waals surface area contributed by atoms with Crippen molar-refractivity contribution in [2.75, 3.05) is 13.2 Å². The Morgan fingerprint density at radius 2 is 2.47 bits per heavy atom. The summed E-state index contributed by atoms with van der Waals surface area (Å²) in [6.07, 6.45) is 5.42. The molecule has 0 spiro atoms. The Bertz CT molecular complexity index is 329. The second kappa shape index (κ2) is 5.60. The van der Waals surface area contributed by atoms with Crippen LogP contribution in [0.1, 0.15) is 38.9 Å². The Labute approximate surface area is 102 Å².